The predicted molar refractivity (Wildman–Crippen MR) is 71.3 cm³/mol. The average molecular weight is 233 g/mol. The van der Waals surface area contributed by atoms with Crippen molar-refractivity contribution in [1.82, 2.24) is 5.32 Å². The van der Waals surface area contributed by atoms with Gasteiger partial charge >= 0.3 is 0 Å². The Bertz CT molecular complexity index is 316. The molecule has 0 aliphatic heterocycles. The monoisotopic (exact) mass is 233 g/mol. The molecular formula is C15H23NO. The normalized spacial score (nSPS) is 14.9. The van der Waals surface area contributed by atoms with E-state index >= 15 is 0 Å². The van der Waals surface area contributed by atoms with Gasteiger partial charge in [-0.2, -0.15) is 0 Å². The van der Waals surface area contributed by atoms with Crippen LogP contribution in [0.3, 0.4) is 0 Å². The molecule has 0 bridgehead atoms. The quantitative estimate of drug-likeness (QED) is 0.695. The second-order valence-electron chi connectivity index (χ2n) is 4.92. The summed E-state index contributed by atoms with van der Waals surface area (Å²) in [6, 6.07) is 8.45. The summed E-state index contributed by atoms with van der Waals surface area (Å²) in [6.07, 6.45) is 5.14. The number of hydrogen-bond donors (Lipinski definition) is 1. The molecule has 0 spiro atoms. The van der Waals surface area contributed by atoms with Crippen molar-refractivity contribution in [2.75, 3.05) is 13.2 Å². The van der Waals surface area contributed by atoms with Gasteiger partial charge in [-0.1, -0.05) is 25.5 Å². The van der Waals surface area contributed by atoms with E-state index in [4.69, 9.17) is 4.74 Å². The fraction of sp³-hybridized carbons (Fsp3) is 0.600. The molecule has 0 saturated heterocycles. The summed E-state index contributed by atoms with van der Waals surface area (Å²) in [5, 5.41) is 3.49. The van der Waals surface area contributed by atoms with Gasteiger partial charge in [-0.15, -0.1) is 0 Å². The molecule has 0 amide bonds. The van der Waals surface area contributed by atoms with Crippen LogP contribution in [0.2, 0.25) is 0 Å². The minimum atomic E-state index is 0.829. The van der Waals surface area contributed by atoms with Crippen LogP contribution in [0.25, 0.3) is 0 Å². The lowest BCUT2D eigenvalue weighted by atomic mass is 10.2. The molecule has 1 aromatic carbocycles. The molecule has 94 valence electrons. The predicted octanol–water partition coefficient (Wildman–Crippen LogP) is 3.37. The lowest BCUT2D eigenvalue weighted by Gasteiger charge is -2.07. The molecule has 0 aromatic heterocycles. The first-order valence-corrected chi connectivity index (χ1v) is 6.81. The number of benzene rings is 1. The van der Waals surface area contributed by atoms with Gasteiger partial charge in [-0.05, 0) is 49.4 Å². The van der Waals surface area contributed by atoms with E-state index in [0.29, 0.717) is 0 Å². The molecule has 1 saturated carbocycles. The fourth-order valence-electron chi connectivity index (χ4n) is 1.78. The van der Waals surface area contributed by atoms with Crippen LogP contribution in [-0.4, -0.2) is 13.2 Å². The third kappa shape index (κ3) is 4.78. The summed E-state index contributed by atoms with van der Waals surface area (Å²) in [4.78, 5) is 0. The molecule has 0 atom stereocenters. The van der Waals surface area contributed by atoms with Gasteiger partial charge in [0.05, 0.1) is 6.61 Å². The van der Waals surface area contributed by atoms with Crippen LogP contribution in [0.5, 0.6) is 5.75 Å². The maximum absolute atomic E-state index is 5.63. The molecule has 1 aliphatic rings. The zero-order valence-corrected chi connectivity index (χ0v) is 10.7. The van der Waals surface area contributed by atoms with E-state index in [1.807, 2.05) is 0 Å². The Morgan fingerprint density at radius 1 is 1.24 bits per heavy atom. The van der Waals surface area contributed by atoms with Gasteiger partial charge in [-0.3, -0.25) is 0 Å². The maximum atomic E-state index is 5.63. The molecule has 0 heterocycles. The van der Waals surface area contributed by atoms with Gasteiger partial charge in [-0.25, -0.2) is 0 Å². The smallest absolute Gasteiger partial charge is 0.119 e. The summed E-state index contributed by atoms with van der Waals surface area (Å²) >= 11 is 0. The first kappa shape index (κ1) is 12.4. The van der Waals surface area contributed by atoms with E-state index in [1.165, 1.54) is 31.4 Å². The lowest BCUT2D eigenvalue weighted by molar-refractivity contribution is 0.309. The number of nitrogens with one attached hydrogen (secondary N) is 1. The molecule has 17 heavy (non-hydrogen) atoms. The molecule has 1 N–H and O–H groups in total. The van der Waals surface area contributed by atoms with Crippen molar-refractivity contribution in [2.24, 2.45) is 5.92 Å². The van der Waals surface area contributed by atoms with Crippen molar-refractivity contribution >= 4 is 0 Å². The van der Waals surface area contributed by atoms with E-state index in [0.717, 1.165) is 31.2 Å². The standard InChI is InChI=1S/C15H23NO/c1-2-3-10-17-15-8-6-14(7-9-15)12-16-11-13-4-5-13/h6-9,13,16H,2-5,10-12H2,1H3. The van der Waals surface area contributed by atoms with E-state index < -0.39 is 0 Å². The van der Waals surface area contributed by atoms with Gasteiger partial charge in [0.1, 0.15) is 5.75 Å². The van der Waals surface area contributed by atoms with Crippen molar-refractivity contribution in [2.45, 2.75) is 39.2 Å². The van der Waals surface area contributed by atoms with Gasteiger partial charge in [0.2, 0.25) is 0 Å². The van der Waals surface area contributed by atoms with Crippen molar-refractivity contribution in [3.8, 4) is 5.75 Å². The third-order valence-electron chi connectivity index (χ3n) is 3.15. The van der Waals surface area contributed by atoms with Crippen molar-refractivity contribution < 1.29 is 4.74 Å². The third-order valence-corrected chi connectivity index (χ3v) is 3.15. The minimum absolute atomic E-state index is 0.829. The molecule has 2 rings (SSSR count). The van der Waals surface area contributed by atoms with Gasteiger partial charge in [0, 0.05) is 6.54 Å². The number of ether oxygens (including phenoxy) is 1. The largest absolute Gasteiger partial charge is 0.494 e. The SMILES string of the molecule is CCCCOc1ccc(CNCC2CC2)cc1. The van der Waals surface area contributed by atoms with Gasteiger partial charge in [0.15, 0.2) is 0 Å². The molecular weight excluding hydrogens is 210 g/mol. The zero-order valence-electron chi connectivity index (χ0n) is 10.7. The van der Waals surface area contributed by atoms with Crippen LogP contribution in [0.1, 0.15) is 38.2 Å². The molecule has 0 radical (unpaired) electrons. The molecule has 1 aromatic rings. The maximum Gasteiger partial charge on any atom is 0.119 e. The van der Waals surface area contributed by atoms with Crippen LogP contribution >= 0.6 is 0 Å². The Labute approximate surface area is 104 Å². The lowest BCUT2D eigenvalue weighted by Crippen LogP contribution is -2.15. The summed E-state index contributed by atoms with van der Waals surface area (Å²) in [5.74, 6) is 1.94. The topological polar surface area (TPSA) is 21.3 Å². The highest BCUT2D eigenvalue weighted by atomic mass is 16.5. The second-order valence-corrected chi connectivity index (χ2v) is 4.92. The Morgan fingerprint density at radius 2 is 2.00 bits per heavy atom. The highest BCUT2D eigenvalue weighted by Crippen LogP contribution is 2.27. The zero-order chi connectivity index (χ0) is 11.9. The molecule has 2 nitrogen and oxygen atoms in total. The van der Waals surface area contributed by atoms with Crippen LogP contribution in [0, 0.1) is 5.92 Å². The highest BCUT2D eigenvalue weighted by Gasteiger charge is 2.19. The summed E-state index contributed by atoms with van der Waals surface area (Å²) in [7, 11) is 0. The molecule has 1 aliphatic carbocycles. The Hall–Kier alpha value is -1.02. The van der Waals surface area contributed by atoms with E-state index in [-0.39, 0.29) is 0 Å². The minimum Gasteiger partial charge on any atom is -0.494 e. The molecule has 2 heteroatoms. The number of hydrogen-bond acceptors (Lipinski definition) is 2. The van der Waals surface area contributed by atoms with Crippen molar-refractivity contribution in [1.29, 1.82) is 0 Å². The second kappa shape index (κ2) is 6.65. The average Bonchev–Trinajstić information content (AvgIpc) is 3.16. The van der Waals surface area contributed by atoms with Crippen LogP contribution < -0.4 is 10.1 Å². The van der Waals surface area contributed by atoms with Crippen molar-refractivity contribution in [3.63, 3.8) is 0 Å². The fourth-order valence-corrected chi connectivity index (χ4v) is 1.78. The van der Waals surface area contributed by atoms with Crippen LogP contribution in [0.15, 0.2) is 24.3 Å². The van der Waals surface area contributed by atoms with Gasteiger partial charge in [0.25, 0.3) is 0 Å². The van der Waals surface area contributed by atoms with Crippen molar-refractivity contribution in [3.05, 3.63) is 29.8 Å². The first-order chi connectivity index (χ1) is 8.38. The number of rotatable bonds is 8. The molecule has 1 fully saturated rings. The molecule has 0 unspecified atom stereocenters. The van der Waals surface area contributed by atoms with Gasteiger partial charge < -0.3 is 10.1 Å². The Balaban J connectivity index is 1.68. The van der Waals surface area contributed by atoms with E-state index in [1.54, 1.807) is 0 Å². The number of unbranched alkanes of at least 4 members (excludes halogenated alkanes) is 1. The first-order valence-electron chi connectivity index (χ1n) is 6.81. The Kier molecular flexibility index (Phi) is 4.87. The van der Waals surface area contributed by atoms with E-state index in [2.05, 4.69) is 36.5 Å². The summed E-state index contributed by atoms with van der Waals surface area (Å²) in [5.41, 5.74) is 1.34. The Morgan fingerprint density at radius 3 is 2.65 bits per heavy atom. The summed E-state index contributed by atoms with van der Waals surface area (Å²) < 4.78 is 5.63. The van der Waals surface area contributed by atoms with Crippen LogP contribution in [0.4, 0.5) is 0 Å². The van der Waals surface area contributed by atoms with E-state index in [9.17, 15) is 0 Å². The van der Waals surface area contributed by atoms with Crippen LogP contribution in [-0.2, 0) is 6.54 Å². The highest BCUT2D eigenvalue weighted by molar-refractivity contribution is 5.27. The summed E-state index contributed by atoms with van der Waals surface area (Å²) in [6.45, 7) is 5.16.